The number of carbonyl (C=O) groups is 1. The van der Waals surface area contributed by atoms with Gasteiger partial charge in [-0.05, 0) is 32.6 Å². The lowest BCUT2D eigenvalue weighted by molar-refractivity contribution is -0.127. The van der Waals surface area contributed by atoms with E-state index in [0.29, 0.717) is 5.92 Å². The van der Waals surface area contributed by atoms with Gasteiger partial charge in [-0.3, -0.25) is 4.79 Å². The predicted molar refractivity (Wildman–Crippen MR) is 46.7 cm³/mol. The summed E-state index contributed by atoms with van der Waals surface area (Å²) in [6.07, 6.45) is 2.43. The number of nitrogens with one attached hydrogen (secondary N) is 2. The molecule has 3 nitrogen and oxygen atoms in total. The van der Waals surface area contributed by atoms with Gasteiger partial charge < -0.3 is 10.6 Å². The number of amides is 1. The minimum Gasteiger partial charge on any atom is -0.349 e. The Labute approximate surface area is 72.9 Å². The maximum atomic E-state index is 11.5. The molecule has 2 aliphatic rings. The van der Waals surface area contributed by atoms with Gasteiger partial charge >= 0.3 is 0 Å². The van der Waals surface area contributed by atoms with E-state index in [0.717, 1.165) is 6.54 Å². The van der Waals surface area contributed by atoms with Crippen molar-refractivity contribution in [1.82, 2.24) is 10.6 Å². The van der Waals surface area contributed by atoms with Crippen LogP contribution < -0.4 is 10.6 Å². The molecule has 2 fully saturated rings. The first-order chi connectivity index (χ1) is 5.58. The van der Waals surface area contributed by atoms with E-state index in [1.165, 1.54) is 12.8 Å². The van der Waals surface area contributed by atoms with Crippen LogP contribution in [0.25, 0.3) is 0 Å². The molecule has 0 radical (unpaired) electrons. The van der Waals surface area contributed by atoms with Gasteiger partial charge in [-0.15, -0.1) is 0 Å². The van der Waals surface area contributed by atoms with Crippen LogP contribution in [0, 0.1) is 5.92 Å². The topological polar surface area (TPSA) is 41.1 Å². The summed E-state index contributed by atoms with van der Waals surface area (Å²) < 4.78 is 0. The fourth-order valence-corrected chi connectivity index (χ4v) is 1.72. The van der Waals surface area contributed by atoms with E-state index in [1.807, 2.05) is 13.8 Å². The second kappa shape index (κ2) is 2.46. The molecule has 1 saturated carbocycles. The summed E-state index contributed by atoms with van der Waals surface area (Å²) in [6, 6.07) is 0.0954. The third kappa shape index (κ3) is 1.46. The number of carbonyl (C=O) groups excluding carboxylic acids is 1. The quantitative estimate of drug-likeness (QED) is 0.590. The van der Waals surface area contributed by atoms with Gasteiger partial charge in [0.2, 0.25) is 5.91 Å². The molecule has 2 N–H and O–H groups in total. The van der Waals surface area contributed by atoms with Gasteiger partial charge in [0, 0.05) is 12.1 Å². The Hall–Kier alpha value is -0.570. The van der Waals surface area contributed by atoms with Crippen LogP contribution in [-0.2, 0) is 4.79 Å². The normalized spacial score (nSPS) is 34.5. The van der Waals surface area contributed by atoms with Crippen molar-refractivity contribution in [1.29, 1.82) is 0 Å². The zero-order valence-electron chi connectivity index (χ0n) is 7.68. The van der Waals surface area contributed by atoms with Gasteiger partial charge in [0.15, 0.2) is 0 Å². The van der Waals surface area contributed by atoms with Crippen LogP contribution in [0.2, 0.25) is 0 Å². The van der Waals surface area contributed by atoms with E-state index in [4.69, 9.17) is 0 Å². The Morgan fingerprint density at radius 1 is 1.42 bits per heavy atom. The molecule has 0 bridgehead atoms. The summed E-state index contributed by atoms with van der Waals surface area (Å²) in [5, 5.41) is 6.33. The summed E-state index contributed by atoms with van der Waals surface area (Å²) in [4.78, 5) is 11.5. The number of piperazine rings is 1. The van der Waals surface area contributed by atoms with E-state index in [1.54, 1.807) is 0 Å². The smallest absolute Gasteiger partial charge is 0.237 e. The van der Waals surface area contributed by atoms with Gasteiger partial charge in [-0.2, -0.15) is 0 Å². The Bertz CT molecular complexity index is 209. The largest absolute Gasteiger partial charge is 0.349 e. The van der Waals surface area contributed by atoms with Crippen molar-refractivity contribution < 1.29 is 4.79 Å². The van der Waals surface area contributed by atoms with Crippen molar-refractivity contribution in [2.24, 2.45) is 5.92 Å². The van der Waals surface area contributed by atoms with Crippen molar-refractivity contribution in [3.05, 3.63) is 0 Å². The van der Waals surface area contributed by atoms with E-state index < -0.39 is 0 Å². The molecular formula is C9H16N2O. The zero-order chi connectivity index (χ0) is 8.77. The molecule has 0 spiro atoms. The van der Waals surface area contributed by atoms with Crippen molar-refractivity contribution in [3.63, 3.8) is 0 Å². The van der Waals surface area contributed by atoms with Crippen molar-refractivity contribution in [3.8, 4) is 0 Å². The molecule has 0 aromatic carbocycles. The van der Waals surface area contributed by atoms with Gasteiger partial charge in [-0.1, -0.05) is 0 Å². The molecule has 12 heavy (non-hydrogen) atoms. The molecule has 1 heterocycles. The molecule has 0 aromatic heterocycles. The van der Waals surface area contributed by atoms with Crippen LogP contribution >= 0.6 is 0 Å². The molecule has 0 aromatic rings. The van der Waals surface area contributed by atoms with Crippen molar-refractivity contribution in [2.45, 2.75) is 38.3 Å². The maximum Gasteiger partial charge on any atom is 0.237 e. The summed E-state index contributed by atoms with van der Waals surface area (Å²) in [6.45, 7) is 4.97. The first kappa shape index (κ1) is 8.05. The molecule has 68 valence electrons. The maximum absolute atomic E-state index is 11.5. The molecule has 1 aliphatic heterocycles. The highest BCUT2D eigenvalue weighted by molar-refractivity contribution is 5.84. The fraction of sp³-hybridized carbons (Fsp3) is 0.889. The summed E-state index contributed by atoms with van der Waals surface area (Å²) in [7, 11) is 0. The molecule has 1 atom stereocenters. The van der Waals surface area contributed by atoms with Crippen molar-refractivity contribution >= 4 is 5.91 Å². The first-order valence-corrected chi connectivity index (χ1v) is 4.64. The average molecular weight is 168 g/mol. The van der Waals surface area contributed by atoms with E-state index in [2.05, 4.69) is 10.6 Å². The minimum atomic E-state index is -0.0670. The Balaban J connectivity index is 1.99. The lowest BCUT2D eigenvalue weighted by atomic mass is 9.98. The molecule has 1 unspecified atom stereocenters. The summed E-state index contributed by atoms with van der Waals surface area (Å²) in [5.74, 6) is 0.801. The highest BCUT2D eigenvalue weighted by atomic mass is 16.2. The highest BCUT2D eigenvalue weighted by Crippen LogP contribution is 2.33. The van der Waals surface area contributed by atoms with E-state index >= 15 is 0 Å². The second-order valence-corrected chi connectivity index (χ2v) is 4.57. The van der Waals surface area contributed by atoms with E-state index in [9.17, 15) is 4.79 Å². The number of hydrogen-bond donors (Lipinski definition) is 2. The Morgan fingerprint density at radius 3 is 2.58 bits per heavy atom. The Kier molecular flexibility index (Phi) is 1.65. The second-order valence-electron chi connectivity index (χ2n) is 4.57. The SMILES string of the molecule is CC1(C)CNC(C2CC2)C(=O)N1. The fourth-order valence-electron chi connectivity index (χ4n) is 1.72. The Morgan fingerprint density at radius 2 is 2.08 bits per heavy atom. The number of hydrogen-bond acceptors (Lipinski definition) is 2. The van der Waals surface area contributed by atoms with Gasteiger partial charge in [-0.25, -0.2) is 0 Å². The molecular weight excluding hydrogens is 152 g/mol. The van der Waals surface area contributed by atoms with E-state index in [-0.39, 0.29) is 17.5 Å². The molecule has 3 heteroatoms. The molecule has 1 aliphatic carbocycles. The van der Waals surface area contributed by atoms with Crippen LogP contribution in [0.4, 0.5) is 0 Å². The van der Waals surface area contributed by atoms with Gasteiger partial charge in [0.05, 0.1) is 6.04 Å². The minimum absolute atomic E-state index is 0.0670. The first-order valence-electron chi connectivity index (χ1n) is 4.64. The summed E-state index contributed by atoms with van der Waals surface area (Å²) in [5.41, 5.74) is -0.0670. The van der Waals surface area contributed by atoms with Gasteiger partial charge in [0.25, 0.3) is 0 Å². The lowest BCUT2D eigenvalue weighted by Gasteiger charge is -2.36. The molecule has 2 rings (SSSR count). The van der Waals surface area contributed by atoms with Crippen LogP contribution in [0.3, 0.4) is 0 Å². The highest BCUT2D eigenvalue weighted by Gasteiger charge is 2.41. The van der Waals surface area contributed by atoms with Gasteiger partial charge in [0.1, 0.15) is 0 Å². The molecule has 1 amide bonds. The standard InChI is InChI=1S/C9H16N2O/c1-9(2)5-10-7(6-3-4-6)8(12)11-9/h6-7,10H,3-5H2,1-2H3,(H,11,12). The third-order valence-corrected chi connectivity index (χ3v) is 2.60. The third-order valence-electron chi connectivity index (χ3n) is 2.60. The summed E-state index contributed by atoms with van der Waals surface area (Å²) >= 11 is 0. The monoisotopic (exact) mass is 168 g/mol. The lowest BCUT2D eigenvalue weighted by Crippen LogP contribution is -2.63. The van der Waals surface area contributed by atoms with Crippen molar-refractivity contribution in [2.75, 3.05) is 6.54 Å². The number of rotatable bonds is 1. The zero-order valence-corrected chi connectivity index (χ0v) is 7.68. The molecule has 1 saturated heterocycles. The van der Waals surface area contributed by atoms with Crippen LogP contribution in [-0.4, -0.2) is 24.0 Å². The van der Waals surface area contributed by atoms with Crippen LogP contribution in [0.1, 0.15) is 26.7 Å². The average Bonchev–Trinajstić information content (AvgIpc) is 2.67. The van der Waals surface area contributed by atoms with Crippen LogP contribution in [0.15, 0.2) is 0 Å². The predicted octanol–water partition coefficient (Wildman–Crippen LogP) is 0.263. The van der Waals surface area contributed by atoms with Crippen LogP contribution in [0.5, 0.6) is 0 Å².